The van der Waals surface area contributed by atoms with Crippen LogP contribution in [0, 0.1) is 18.4 Å². The summed E-state index contributed by atoms with van der Waals surface area (Å²) in [7, 11) is 1.60. The van der Waals surface area contributed by atoms with Gasteiger partial charge in [-0.25, -0.2) is 0 Å². The first-order chi connectivity index (χ1) is 5.77. The van der Waals surface area contributed by atoms with E-state index in [-0.39, 0.29) is 0 Å². The van der Waals surface area contributed by atoms with Gasteiger partial charge in [0, 0.05) is 0 Å². The lowest BCUT2D eigenvalue weighted by Crippen LogP contribution is -1.88. The molecule has 0 saturated carbocycles. The molecule has 0 bridgehead atoms. The van der Waals surface area contributed by atoms with Crippen LogP contribution in [0.2, 0.25) is 0 Å². The molecule has 0 amide bonds. The molecule has 0 unspecified atom stereocenters. The van der Waals surface area contributed by atoms with E-state index in [0.717, 1.165) is 11.3 Å². The number of benzene rings is 1. The molecule has 0 aromatic heterocycles. The van der Waals surface area contributed by atoms with Crippen molar-refractivity contribution in [1.29, 1.82) is 5.26 Å². The minimum Gasteiger partial charge on any atom is -0.497 e. The Balaban J connectivity index is 2.97. The van der Waals surface area contributed by atoms with Crippen LogP contribution in [0.25, 0.3) is 0 Å². The van der Waals surface area contributed by atoms with E-state index >= 15 is 0 Å². The van der Waals surface area contributed by atoms with Gasteiger partial charge >= 0.3 is 0 Å². The molecule has 62 valence electrons. The van der Waals surface area contributed by atoms with Crippen LogP contribution in [-0.4, -0.2) is 7.11 Å². The molecule has 1 aromatic rings. The van der Waals surface area contributed by atoms with Crippen molar-refractivity contribution in [1.82, 2.24) is 0 Å². The lowest BCUT2D eigenvalue weighted by Gasteiger charge is -2.03. The van der Waals surface area contributed by atoms with Crippen molar-refractivity contribution in [2.24, 2.45) is 0 Å². The lowest BCUT2D eigenvalue weighted by molar-refractivity contribution is 0.412. The Morgan fingerprint density at radius 1 is 1.42 bits per heavy atom. The Kier molecular flexibility index (Phi) is 2.54. The van der Waals surface area contributed by atoms with Gasteiger partial charge in [0.15, 0.2) is 0 Å². The molecule has 0 N–H and O–H groups in total. The molecule has 3 nitrogen and oxygen atoms in total. The van der Waals surface area contributed by atoms with Crippen LogP contribution in [0.15, 0.2) is 18.2 Å². The monoisotopic (exact) mass is 163 g/mol. The summed E-state index contributed by atoms with van der Waals surface area (Å²) in [6.45, 7) is 1.86. The van der Waals surface area contributed by atoms with E-state index in [4.69, 9.17) is 10.00 Å². The Morgan fingerprint density at radius 2 is 2.17 bits per heavy atom. The Morgan fingerprint density at radius 3 is 2.67 bits per heavy atom. The molecule has 0 heterocycles. The van der Waals surface area contributed by atoms with Gasteiger partial charge in [0.25, 0.3) is 6.26 Å². The maximum absolute atomic E-state index is 8.27. The maximum Gasteiger partial charge on any atom is 0.292 e. The number of nitriles is 1. The molecule has 0 atom stereocenters. The lowest BCUT2D eigenvalue weighted by atomic mass is 10.2. The molecule has 0 spiro atoms. The first-order valence-corrected chi connectivity index (χ1v) is 3.48. The summed E-state index contributed by atoms with van der Waals surface area (Å²) < 4.78 is 9.68. The fraction of sp³-hybridized carbons (Fsp3) is 0.222. The molecule has 1 aromatic carbocycles. The SMILES string of the molecule is COc1ccc(OC#N)c(C)c1. The van der Waals surface area contributed by atoms with Gasteiger partial charge in [0.05, 0.1) is 7.11 Å². The summed E-state index contributed by atoms with van der Waals surface area (Å²) in [6, 6.07) is 5.27. The predicted octanol–water partition coefficient (Wildman–Crippen LogP) is 1.86. The minimum atomic E-state index is 0.568. The standard InChI is InChI=1S/C9H9NO2/c1-7-5-8(11-2)3-4-9(7)12-6-10/h3-5H,1-2H3. The van der Waals surface area contributed by atoms with Crippen molar-refractivity contribution in [2.75, 3.05) is 7.11 Å². The second kappa shape index (κ2) is 3.63. The maximum atomic E-state index is 8.27. The highest BCUT2D eigenvalue weighted by molar-refractivity contribution is 5.39. The number of ether oxygens (including phenoxy) is 2. The minimum absolute atomic E-state index is 0.568. The van der Waals surface area contributed by atoms with Crippen molar-refractivity contribution >= 4 is 0 Å². The highest BCUT2D eigenvalue weighted by atomic mass is 16.5. The van der Waals surface area contributed by atoms with E-state index in [1.165, 1.54) is 0 Å². The Bertz CT molecular complexity index is 315. The van der Waals surface area contributed by atoms with E-state index in [1.807, 2.05) is 13.0 Å². The normalized spacial score (nSPS) is 8.75. The Hall–Kier alpha value is -1.69. The molecule has 0 aliphatic heterocycles. The molecule has 0 fully saturated rings. The number of methoxy groups -OCH3 is 1. The third kappa shape index (κ3) is 1.67. The average molecular weight is 163 g/mol. The summed E-state index contributed by atoms with van der Waals surface area (Å²) in [4.78, 5) is 0. The van der Waals surface area contributed by atoms with Crippen LogP contribution < -0.4 is 9.47 Å². The van der Waals surface area contributed by atoms with Crippen molar-refractivity contribution in [3.8, 4) is 17.8 Å². The van der Waals surface area contributed by atoms with Crippen molar-refractivity contribution in [3.63, 3.8) is 0 Å². The molecule has 0 saturated heterocycles. The summed E-state index contributed by atoms with van der Waals surface area (Å²) in [5.41, 5.74) is 0.885. The van der Waals surface area contributed by atoms with Crippen LogP contribution in [0.1, 0.15) is 5.56 Å². The van der Waals surface area contributed by atoms with E-state index in [2.05, 4.69) is 4.74 Å². The second-order valence-electron chi connectivity index (χ2n) is 2.32. The highest BCUT2D eigenvalue weighted by Gasteiger charge is 2.00. The second-order valence-corrected chi connectivity index (χ2v) is 2.32. The molecular weight excluding hydrogens is 154 g/mol. The molecule has 12 heavy (non-hydrogen) atoms. The zero-order valence-electron chi connectivity index (χ0n) is 7.00. The van der Waals surface area contributed by atoms with Gasteiger partial charge < -0.3 is 9.47 Å². The van der Waals surface area contributed by atoms with Crippen molar-refractivity contribution in [3.05, 3.63) is 23.8 Å². The van der Waals surface area contributed by atoms with Crippen molar-refractivity contribution < 1.29 is 9.47 Å². The summed E-state index contributed by atoms with van der Waals surface area (Å²) in [5.74, 6) is 1.33. The highest BCUT2D eigenvalue weighted by Crippen LogP contribution is 2.22. The van der Waals surface area contributed by atoms with Crippen LogP contribution in [-0.2, 0) is 0 Å². The molecule has 0 aliphatic rings. The quantitative estimate of drug-likeness (QED) is 0.625. The number of nitrogens with zero attached hydrogens (tertiary/aromatic N) is 1. The first kappa shape index (κ1) is 8.41. The average Bonchev–Trinajstić information content (AvgIpc) is 2.09. The zero-order chi connectivity index (χ0) is 8.97. The topological polar surface area (TPSA) is 42.2 Å². The largest absolute Gasteiger partial charge is 0.497 e. The van der Waals surface area contributed by atoms with Crippen LogP contribution >= 0.6 is 0 Å². The van der Waals surface area contributed by atoms with Crippen LogP contribution in [0.5, 0.6) is 11.5 Å². The van der Waals surface area contributed by atoms with Gasteiger partial charge in [-0.15, -0.1) is 5.26 Å². The van der Waals surface area contributed by atoms with Gasteiger partial charge in [-0.2, -0.15) is 0 Å². The van der Waals surface area contributed by atoms with E-state index < -0.39 is 0 Å². The molecule has 0 radical (unpaired) electrons. The number of hydrogen-bond acceptors (Lipinski definition) is 3. The third-order valence-electron chi connectivity index (χ3n) is 1.54. The molecule has 1 rings (SSSR count). The van der Waals surface area contributed by atoms with E-state index in [9.17, 15) is 0 Å². The van der Waals surface area contributed by atoms with Crippen LogP contribution in [0.4, 0.5) is 0 Å². The van der Waals surface area contributed by atoms with E-state index in [0.29, 0.717) is 5.75 Å². The van der Waals surface area contributed by atoms with Crippen LogP contribution in [0.3, 0.4) is 0 Å². The summed E-state index contributed by atoms with van der Waals surface area (Å²) in [5, 5.41) is 8.27. The summed E-state index contributed by atoms with van der Waals surface area (Å²) >= 11 is 0. The fourth-order valence-electron chi connectivity index (χ4n) is 0.913. The molecule has 3 heteroatoms. The third-order valence-corrected chi connectivity index (χ3v) is 1.54. The number of hydrogen-bond donors (Lipinski definition) is 0. The van der Waals surface area contributed by atoms with Gasteiger partial charge in [-0.3, -0.25) is 0 Å². The smallest absolute Gasteiger partial charge is 0.292 e. The number of aryl methyl sites for hydroxylation is 1. The first-order valence-electron chi connectivity index (χ1n) is 3.48. The van der Waals surface area contributed by atoms with Gasteiger partial charge in [-0.1, -0.05) is 0 Å². The van der Waals surface area contributed by atoms with Gasteiger partial charge in [0.2, 0.25) is 0 Å². The van der Waals surface area contributed by atoms with E-state index in [1.54, 1.807) is 25.5 Å². The number of rotatable bonds is 2. The fourth-order valence-corrected chi connectivity index (χ4v) is 0.913. The van der Waals surface area contributed by atoms with Crippen molar-refractivity contribution in [2.45, 2.75) is 6.92 Å². The molecular formula is C9H9NO2. The summed E-state index contributed by atoms with van der Waals surface area (Å²) in [6.07, 6.45) is 1.62. The van der Waals surface area contributed by atoms with Gasteiger partial charge in [0.1, 0.15) is 11.5 Å². The molecule has 0 aliphatic carbocycles. The predicted molar refractivity (Wildman–Crippen MR) is 44.0 cm³/mol. The zero-order valence-corrected chi connectivity index (χ0v) is 7.00. The van der Waals surface area contributed by atoms with Gasteiger partial charge in [-0.05, 0) is 30.7 Å². The Labute approximate surface area is 71.1 Å².